The first kappa shape index (κ1) is 14.3. The van der Waals surface area contributed by atoms with Crippen molar-refractivity contribution in [3.05, 3.63) is 47.8 Å². The Bertz CT molecular complexity index is 682. The second-order valence-corrected chi connectivity index (χ2v) is 6.38. The van der Waals surface area contributed by atoms with E-state index in [1.54, 1.807) is 36.2 Å². The van der Waals surface area contributed by atoms with Gasteiger partial charge >= 0.3 is 0 Å². The van der Waals surface area contributed by atoms with E-state index in [0.29, 0.717) is 28.8 Å². The molecule has 0 spiro atoms. The number of benzene rings is 2. The van der Waals surface area contributed by atoms with Crippen LogP contribution in [0.1, 0.15) is 23.2 Å². The van der Waals surface area contributed by atoms with Gasteiger partial charge in [-0.2, -0.15) is 0 Å². The zero-order chi connectivity index (χ0) is 15.0. The average Bonchev–Trinajstić information content (AvgIpc) is 2.45. The van der Waals surface area contributed by atoms with Crippen LogP contribution in [0.3, 0.4) is 0 Å². The number of fused-ring (bicyclic) bond motifs is 1. The van der Waals surface area contributed by atoms with Crippen molar-refractivity contribution in [3.8, 4) is 0 Å². The summed E-state index contributed by atoms with van der Waals surface area (Å²) in [6.07, 6.45) is 1.92. The molecule has 1 aliphatic rings. The Morgan fingerprint density at radius 2 is 1.90 bits per heavy atom. The largest absolute Gasteiger partial charge is 0.341 e. The van der Waals surface area contributed by atoms with Crippen LogP contribution in [-0.4, -0.2) is 29.8 Å². The highest BCUT2D eigenvalue weighted by Gasteiger charge is 2.29. The summed E-state index contributed by atoms with van der Waals surface area (Å²) < 4.78 is 13.8. The Hall–Kier alpha value is -1.61. The Kier molecular flexibility index (Phi) is 3.85. The molecule has 0 heterocycles. The molecular weight excluding hydrogens is 289 g/mol. The van der Waals surface area contributed by atoms with Crippen molar-refractivity contribution < 1.29 is 9.18 Å². The SMILES string of the molecule is CN(CC1CC(Cl)C1)C(=O)c1ccc(F)c2ccccc12. The van der Waals surface area contributed by atoms with E-state index < -0.39 is 0 Å². The van der Waals surface area contributed by atoms with Crippen LogP contribution in [0.5, 0.6) is 0 Å². The summed E-state index contributed by atoms with van der Waals surface area (Å²) >= 11 is 5.97. The van der Waals surface area contributed by atoms with Crippen LogP contribution in [0.2, 0.25) is 0 Å². The quantitative estimate of drug-likeness (QED) is 0.783. The number of carbonyl (C=O) groups excluding carboxylic acids is 1. The molecule has 1 amide bonds. The summed E-state index contributed by atoms with van der Waals surface area (Å²) in [6, 6.07) is 10.0. The van der Waals surface area contributed by atoms with Crippen LogP contribution >= 0.6 is 11.6 Å². The second-order valence-electron chi connectivity index (χ2n) is 5.76. The van der Waals surface area contributed by atoms with Crippen molar-refractivity contribution in [2.45, 2.75) is 18.2 Å². The van der Waals surface area contributed by atoms with E-state index >= 15 is 0 Å². The Labute approximate surface area is 128 Å². The minimum Gasteiger partial charge on any atom is -0.341 e. The molecule has 0 N–H and O–H groups in total. The fourth-order valence-corrected chi connectivity index (χ4v) is 3.43. The van der Waals surface area contributed by atoms with E-state index in [4.69, 9.17) is 11.6 Å². The van der Waals surface area contributed by atoms with Crippen molar-refractivity contribution in [2.75, 3.05) is 13.6 Å². The highest BCUT2D eigenvalue weighted by Crippen LogP contribution is 2.32. The predicted molar refractivity (Wildman–Crippen MR) is 83.2 cm³/mol. The monoisotopic (exact) mass is 305 g/mol. The lowest BCUT2D eigenvalue weighted by atomic mass is 9.84. The van der Waals surface area contributed by atoms with Gasteiger partial charge in [0.15, 0.2) is 0 Å². The number of amides is 1. The average molecular weight is 306 g/mol. The van der Waals surface area contributed by atoms with E-state index in [9.17, 15) is 9.18 Å². The van der Waals surface area contributed by atoms with Crippen molar-refractivity contribution in [1.82, 2.24) is 4.90 Å². The molecular formula is C17H17ClFNO. The molecule has 3 rings (SSSR count). The first-order valence-corrected chi connectivity index (χ1v) is 7.56. The zero-order valence-corrected chi connectivity index (χ0v) is 12.6. The summed E-state index contributed by atoms with van der Waals surface area (Å²) in [7, 11) is 1.79. The van der Waals surface area contributed by atoms with Gasteiger partial charge in [0.2, 0.25) is 0 Å². The Morgan fingerprint density at radius 1 is 1.24 bits per heavy atom. The fourth-order valence-electron chi connectivity index (χ4n) is 2.93. The molecule has 4 heteroatoms. The van der Waals surface area contributed by atoms with Crippen molar-refractivity contribution >= 4 is 28.3 Å². The lowest BCUT2D eigenvalue weighted by Crippen LogP contribution is -2.38. The molecule has 110 valence electrons. The first-order chi connectivity index (χ1) is 10.1. The van der Waals surface area contributed by atoms with E-state index in [-0.39, 0.29) is 17.1 Å². The smallest absolute Gasteiger partial charge is 0.254 e. The number of nitrogens with zero attached hydrogens (tertiary/aromatic N) is 1. The Balaban J connectivity index is 1.86. The van der Waals surface area contributed by atoms with Gasteiger partial charge in [-0.05, 0) is 36.3 Å². The van der Waals surface area contributed by atoms with E-state index in [1.165, 1.54) is 6.07 Å². The zero-order valence-electron chi connectivity index (χ0n) is 11.9. The highest BCUT2D eigenvalue weighted by atomic mass is 35.5. The maximum atomic E-state index is 13.8. The minimum absolute atomic E-state index is 0.0655. The van der Waals surface area contributed by atoms with Gasteiger partial charge in [0.25, 0.3) is 5.91 Å². The molecule has 1 aliphatic carbocycles. The molecule has 0 atom stereocenters. The number of hydrogen-bond acceptors (Lipinski definition) is 1. The van der Waals surface area contributed by atoms with Gasteiger partial charge in [-0.25, -0.2) is 4.39 Å². The third-order valence-corrected chi connectivity index (χ3v) is 4.51. The first-order valence-electron chi connectivity index (χ1n) is 7.13. The molecule has 2 nitrogen and oxygen atoms in total. The number of halogens is 2. The lowest BCUT2D eigenvalue weighted by molar-refractivity contribution is 0.0749. The van der Waals surface area contributed by atoms with E-state index in [0.717, 1.165) is 12.8 Å². The van der Waals surface area contributed by atoms with Crippen LogP contribution < -0.4 is 0 Å². The van der Waals surface area contributed by atoms with Gasteiger partial charge in [0.05, 0.1) is 0 Å². The van der Waals surface area contributed by atoms with E-state index in [1.807, 2.05) is 6.07 Å². The normalized spacial score (nSPS) is 21.1. The molecule has 1 saturated carbocycles. The van der Waals surface area contributed by atoms with Crippen LogP contribution in [-0.2, 0) is 0 Å². The van der Waals surface area contributed by atoms with Gasteiger partial charge in [0, 0.05) is 29.9 Å². The van der Waals surface area contributed by atoms with Gasteiger partial charge in [0.1, 0.15) is 5.82 Å². The summed E-state index contributed by atoms with van der Waals surface area (Å²) in [4.78, 5) is 14.3. The molecule has 1 fully saturated rings. The maximum absolute atomic E-state index is 13.8. The van der Waals surface area contributed by atoms with Crippen LogP contribution in [0.4, 0.5) is 4.39 Å². The molecule has 0 unspecified atom stereocenters. The van der Waals surface area contributed by atoms with Crippen molar-refractivity contribution in [1.29, 1.82) is 0 Å². The third kappa shape index (κ3) is 2.75. The molecule has 2 aromatic carbocycles. The maximum Gasteiger partial charge on any atom is 0.254 e. The third-order valence-electron chi connectivity index (χ3n) is 4.16. The molecule has 0 radical (unpaired) electrons. The molecule has 0 bridgehead atoms. The molecule has 21 heavy (non-hydrogen) atoms. The van der Waals surface area contributed by atoms with Crippen molar-refractivity contribution in [2.24, 2.45) is 5.92 Å². The van der Waals surface area contributed by atoms with Gasteiger partial charge in [-0.1, -0.05) is 24.3 Å². The van der Waals surface area contributed by atoms with E-state index in [2.05, 4.69) is 0 Å². The molecule has 0 saturated heterocycles. The number of alkyl halides is 1. The summed E-state index contributed by atoms with van der Waals surface area (Å²) in [5.74, 6) is 0.117. The number of rotatable bonds is 3. The van der Waals surface area contributed by atoms with Gasteiger partial charge in [-0.3, -0.25) is 4.79 Å². The van der Waals surface area contributed by atoms with Crippen molar-refractivity contribution in [3.63, 3.8) is 0 Å². The highest BCUT2D eigenvalue weighted by molar-refractivity contribution is 6.21. The Morgan fingerprint density at radius 3 is 2.57 bits per heavy atom. The topological polar surface area (TPSA) is 20.3 Å². The molecule has 0 aromatic heterocycles. The number of hydrogen-bond donors (Lipinski definition) is 0. The standard InChI is InChI=1S/C17H17ClFNO/c1-20(10-11-8-12(18)9-11)17(21)15-6-7-16(19)14-5-3-2-4-13(14)15/h2-7,11-12H,8-10H2,1H3. The second kappa shape index (κ2) is 5.64. The molecule has 2 aromatic rings. The van der Waals surface area contributed by atoms with Crippen LogP contribution in [0.25, 0.3) is 10.8 Å². The van der Waals surface area contributed by atoms with Crippen LogP contribution in [0.15, 0.2) is 36.4 Å². The lowest BCUT2D eigenvalue weighted by Gasteiger charge is -2.34. The van der Waals surface area contributed by atoms with Gasteiger partial charge < -0.3 is 4.90 Å². The summed E-state index contributed by atoms with van der Waals surface area (Å²) in [6.45, 7) is 0.702. The predicted octanol–water partition coefficient (Wildman–Crippen LogP) is 4.07. The summed E-state index contributed by atoms with van der Waals surface area (Å²) in [5.41, 5.74) is 0.552. The minimum atomic E-state index is -0.297. The number of carbonyl (C=O) groups is 1. The summed E-state index contributed by atoms with van der Waals surface area (Å²) in [5, 5.41) is 1.41. The fraction of sp³-hybridized carbons (Fsp3) is 0.353. The molecule has 0 aliphatic heterocycles. The van der Waals surface area contributed by atoms with Gasteiger partial charge in [-0.15, -0.1) is 11.6 Å². The van der Waals surface area contributed by atoms with Crippen LogP contribution in [0, 0.1) is 11.7 Å².